The van der Waals surface area contributed by atoms with E-state index >= 15 is 0 Å². The molecule has 0 spiro atoms. The molecular formula is C21H19N5O3. The largest absolute Gasteiger partial charge is 0.463 e. The Hall–Kier alpha value is -3.68. The fourth-order valence-corrected chi connectivity index (χ4v) is 3.62. The molecule has 146 valence electrons. The van der Waals surface area contributed by atoms with Crippen LogP contribution >= 0.6 is 0 Å². The number of carbonyl (C=O) groups is 1. The fraction of sp³-hybridized carbons (Fsp3) is 0.238. The van der Waals surface area contributed by atoms with E-state index in [1.807, 2.05) is 36.1 Å². The predicted octanol–water partition coefficient (Wildman–Crippen LogP) is 3.54. The van der Waals surface area contributed by atoms with E-state index in [-0.39, 0.29) is 11.8 Å². The molecule has 8 heteroatoms. The van der Waals surface area contributed by atoms with Crippen LogP contribution in [-0.4, -0.2) is 37.7 Å². The summed E-state index contributed by atoms with van der Waals surface area (Å²) < 4.78 is 10.7. The van der Waals surface area contributed by atoms with Crippen LogP contribution in [0.25, 0.3) is 23.0 Å². The van der Waals surface area contributed by atoms with Crippen molar-refractivity contribution >= 4 is 5.91 Å². The van der Waals surface area contributed by atoms with Crippen LogP contribution in [0.1, 0.15) is 29.3 Å². The van der Waals surface area contributed by atoms with E-state index in [1.54, 1.807) is 18.4 Å². The summed E-state index contributed by atoms with van der Waals surface area (Å²) in [6.07, 6.45) is 1.97. The molecular weight excluding hydrogens is 370 g/mol. The fourth-order valence-electron chi connectivity index (χ4n) is 3.62. The zero-order chi connectivity index (χ0) is 19.8. The van der Waals surface area contributed by atoms with E-state index in [4.69, 9.17) is 8.94 Å². The Kier molecular flexibility index (Phi) is 4.23. The molecule has 1 aliphatic heterocycles. The Labute approximate surface area is 166 Å². The van der Waals surface area contributed by atoms with E-state index in [1.165, 1.54) is 5.56 Å². The van der Waals surface area contributed by atoms with Gasteiger partial charge in [-0.05, 0) is 24.6 Å². The maximum atomic E-state index is 12.5. The van der Waals surface area contributed by atoms with Crippen molar-refractivity contribution in [2.45, 2.75) is 25.8 Å². The van der Waals surface area contributed by atoms with Crippen molar-refractivity contribution in [1.29, 1.82) is 0 Å². The normalized spacial score (nSPS) is 16.7. The van der Waals surface area contributed by atoms with Crippen molar-refractivity contribution in [1.82, 2.24) is 25.2 Å². The van der Waals surface area contributed by atoms with Crippen LogP contribution < -0.4 is 0 Å². The van der Waals surface area contributed by atoms with Gasteiger partial charge in [-0.2, -0.15) is 10.1 Å². The minimum absolute atomic E-state index is 0.0859. The maximum absolute atomic E-state index is 12.5. The average Bonchev–Trinajstić information content (AvgIpc) is 3.49. The third-order valence-corrected chi connectivity index (χ3v) is 5.06. The number of rotatable bonds is 5. The lowest BCUT2D eigenvalue weighted by Crippen LogP contribution is -2.24. The van der Waals surface area contributed by atoms with Gasteiger partial charge in [-0.3, -0.25) is 9.89 Å². The standard InChI is InChI=1S/C21H19N5O3/c1-13-4-2-5-14(8-13)11-26-12-15(9-19(26)27)20-22-21(29-25-20)17-10-16(23-24-17)18-6-3-7-28-18/h2-8,10,15H,9,11-12H2,1H3,(H,23,24). The first-order chi connectivity index (χ1) is 14.2. The first kappa shape index (κ1) is 17.4. The number of nitrogens with one attached hydrogen (secondary N) is 1. The summed E-state index contributed by atoms with van der Waals surface area (Å²) >= 11 is 0. The molecule has 0 radical (unpaired) electrons. The third-order valence-electron chi connectivity index (χ3n) is 5.06. The molecule has 8 nitrogen and oxygen atoms in total. The van der Waals surface area contributed by atoms with Gasteiger partial charge < -0.3 is 13.8 Å². The maximum Gasteiger partial charge on any atom is 0.275 e. The Morgan fingerprint density at radius 2 is 2.17 bits per heavy atom. The molecule has 0 aliphatic carbocycles. The van der Waals surface area contributed by atoms with Crippen LogP contribution in [0, 0.1) is 6.92 Å². The molecule has 5 rings (SSSR count). The van der Waals surface area contributed by atoms with E-state index in [0.717, 1.165) is 5.56 Å². The molecule has 1 saturated heterocycles. The van der Waals surface area contributed by atoms with Crippen molar-refractivity contribution in [3.8, 4) is 23.0 Å². The quantitative estimate of drug-likeness (QED) is 0.560. The van der Waals surface area contributed by atoms with Crippen molar-refractivity contribution in [3.63, 3.8) is 0 Å². The number of aromatic amines is 1. The Bertz CT molecular complexity index is 1140. The molecule has 3 aromatic heterocycles. The predicted molar refractivity (Wildman–Crippen MR) is 104 cm³/mol. The van der Waals surface area contributed by atoms with Gasteiger partial charge >= 0.3 is 0 Å². The van der Waals surface area contributed by atoms with Gasteiger partial charge in [-0.1, -0.05) is 35.0 Å². The number of likely N-dealkylation sites (tertiary alicyclic amines) is 1. The molecule has 1 amide bonds. The summed E-state index contributed by atoms with van der Waals surface area (Å²) in [5.74, 6) is 1.55. The molecule has 1 N–H and O–H groups in total. The highest BCUT2D eigenvalue weighted by atomic mass is 16.5. The topological polar surface area (TPSA) is 101 Å². The van der Waals surface area contributed by atoms with Crippen LogP contribution in [0.5, 0.6) is 0 Å². The number of H-pyrrole nitrogens is 1. The Morgan fingerprint density at radius 3 is 3.00 bits per heavy atom. The van der Waals surface area contributed by atoms with E-state index < -0.39 is 0 Å². The second-order valence-electron chi connectivity index (χ2n) is 7.27. The Morgan fingerprint density at radius 1 is 1.24 bits per heavy atom. The SMILES string of the molecule is Cc1cccc(CN2CC(c3noc(-c4cc(-c5ccco5)n[nH]4)n3)CC2=O)c1. The highest BCUT2D eigenvalue weighted by Gasteiger charge is 2.34. The van der Waals surface area contributed by atoms with Crippen LogP contribution in [0.4, 0.5) is 0 Å². The first-order valence-electron chi connectivity index (χ1n) is 9.42. The Balaban J connectivity index is 1.30. The smallest absolute Gasteiger partial charge is 0.275 e. The number of hydrogen-bond acceptors (Lipinski definition) is 6. The lowest BCUT2D eigenvalue weighted by atomic mass is 10.1. The van der Waals surface area contributed by atoms with Gasteiger partial charge in [0, 0.05) is 31.5 Å². The number of carbonyl (C=O) groups excluding carboxylic acids is 1. The summed E-state index contributed by atoms with van der Waals surface area (Å²) in [5.41, 5.74) is 3.57. The molecule has 1 atom stereocenters. The second-order valence-corrected chi connectivity index (χ2v) is 7.27. The van der Waals surface area contributed by atoms with Gasteiger partial charge in [0.25, 0.3) is 5.89 Å². The summed E-state index contributed by atoms with van der Waals surface area (Å²) in [4.78, 5) is 18.8. The molecule has 29 heavy (non-hydrogen) atoms. The molecule has 1 aliphatic rings. The number of nitrogens with zero attached hydrogens (tertiary/aromatic N) is 4. The zero-order valence-electron chi connectivity index (χ0n) is 15.8. The molecule has 1 fully saturated rings. The molecule has 4 aromatic rings. The molecule has 0 bridgehead atoms. The van der Waals surface area contributed by atoms with Crippen LogP contribution in [-0.2, 0) is 11.3 Å². The van der Waals surface area contributed by atoms with E-state index in [0.29, 0.717) is 48.4 Å². The van der Waals surface area contributed by atoms with Gasteiger partial charge in [0.1, 0.15) is 11.4 Å². The molecule has 1 unspecified atom stereocenters. The first-order valence-corrected chi connectivity index (χ1v) is 9.42. The summed E-state index contributed by atoms with van der Waals surface area (Å²) in [5, 5.41) is 11.2. The number of benzene rings is 1. The summed E-state index contributed by atoms with van der Waals surface area (Å²) in [7, 11) is 0. The monoisotopic (exact) mass is 389 g/mol. The molecule has 1 aromatic carbocycles. The van der Waals surface area contributed by atoms with Crippen molar-refractivity contribution in [2.75, 3.05) is 6.54 Å². The minimum atomic E-state index is -0.0859. The average molecular weight is 389 g/mol. The summed E-state index contributed by atoms with van der Waals surface area (Å²) in [6, 6.07) is 13.6. The number of hydrogen-bond donors (Lipinski definition) is 1. The van der Waals surface area contributed by atoms with Crippen LogP contribution in [0.15, 0.2) is 57.7 Å². The lowest BCUT2D eigenvalue weighted by molar-refractivity contribution is -0.128. The van der Waals surface area contributed by atoms with Crippen molar-refractivity contribution in [3.05, 3.63) is 65.7 Å². The van der Waals surface area contributed by atoms with Crippen LogP contribution in [0.2, 0.25) is 0 Å². The zero-order valence-corrected chi connectivity index (χ0v) is 15.8. The van der Waals surface area contributed by atoms with Gasteiger partial charge in [-0.25, -0.2) is 0 Å². The van der Waals surface area contributed by atoms with Gasteiger partial charge in [-0.15, -0.1) is 0 Å². The van der Waals surface area contributed by atoms with Crippen molar-refractivity contribution in [2.24, 2.45) is 0 Å². The number of amides is 1. The van der Waals surface area contributed by atoms with Gasteiger partial charge in [0.05, 0.1) is 6.26 Å². The number of aromatic nitrogens is 4. The molecule has 0 saturated carbocycles. The van der Waals surface area contributed by atoms with Crippen LogP contribution in [0.3, 0.4) is 0 Å². The lowest BCUT2D eigenvalue weighted by Gasteiger charge is -2.16. The highest BCUT2D eigenvalue weighted by Crippen LogP contribution is 2.30. The van der Waals surface area contributed by atoms with Gasteiger partial charge in [0.15, 0.2) is 11.6 Å². The third kappa shape index (κ3) is 3.44. The molecule has 4 heterocycles. The van der Waals surface area contributed by atoms with Crippen molar-refractivity contribution < 1.29 is 13.7 Å². The van der Waals surface area contributed by atoms with E-state index in [9.17, 15) is 4.79 Å². The number of furan rings is 1. The number of aryl methyl sites for hydroxylation is 1. The minimum Gasteiger partial charge on any atom is -0.463 e. The van der Waals surface area contributed by atoms with E-state index in [2.05, 4.69) is 26.4 Å². The second kappa shape index (κ2) is 7.05. The highest BCUT2D eigenvalue weighted by molar-refractivity contribution is 5.79. The summed E-state index contributed by atoms with van der Waals surface area (Å²) in [6.45, 7) is 3.22. The van der Waals surface area contributed by atoms with Gasteiger partial charge in [0.2, 0.25) is 5.91 Å².